The van der Waals surface area contributed by atoms with Crippen molar-refractivity contribution in [1.82, 2.24) is 14.5 Å². The second-order valence-corrected chi connectivity index (χ2v) is 3.63. The van der Waals surface area contributed by atoms with E-state index in [9.17, 15) is 8.78 Å². The number of imidazole rings is 1. The summed E-state index contributed by atoms with van der Waals surface area (Å²) in [6, 6.07) is 1.19. The van der Waals surface area contributed by atoms with Gasteiger partial charge in [-0.2, -0.15) is 0 Å². The zero-order valence-electron chi connectivity index (χ0n) is 9.19. The fraction of sp³-hybridized carbons (Fsp3) is 0.273. The van der Waals surface area contributed by atoms with Crippen molar-refractivity contribution in [1.29, 1.82) is 0 Å². The Morgan fingerprint density at radius 2 is 2.24 bits per heavy atom. The van der Waals surface area contributed by atoms with Gasteiger partial charge in [-0.3, -0.25) is 0 Å². The van der Waals surface area contributed by atoms with Gasteiger partial charge in [0, 0.05) is 19.4 Å². The van der Waals surface area contributed by atoms with E-state index in [2.05, 4.69) is 9.97 Å². The van der Waals surface area contributed by atoms with Gasteiger partial charge in [0.25, 0.3) is 0 Å². The maximum Gasteiger partial charge on any atom is 0.161 e. The third-order valence-electron chi connectivity index (χ3n) is 2.36. The summed E-state index contributed by atoms with van der Waals surface area (Å²) in [5.41, 5.74) is 0.658. The first kappa shape index (κ1) is 11.7. The van der Waals surface area contributed by atoms with Crippen molar-refractivity contribution >= 4 is 0 Å². The summed E-state index contributed by atoms with van der Waals surface area (Å²) >= 11 is 0. The molecule has 0 aromatic carbocycles. The first-order valence-electron chi connectivity index (χ1n) is 4.99. The fourth-order valence-electron chi connectivity index (χ4n) is 1.54. The first-order chi connectivity index (χ1) is 8.15. The van der Waals surface area contributed by atoms with Crippen molar-refractivity contribution < 1.29 is 13.9 Å². The molecule has 2 aromatic heterocycles. The number of aliphatic hydroxyl groups is 1. The van der Waals surface area contributed by atoms with Gasteiger partial charge in [0.15, 0.2) is 11.6 Å². The van der Waals surface area contributed by atoms with Gasteiger partial charge in [0.2, 0.25) is 0 Å². The Bertz CT molecular complexity index is 540. The lowest BCUT2D eigenvalue weighted by Crippen LogP contribution is -1.98. The topological polar surface area (TPSA) is 50.9 Å². The zero-order valence-corrected chi connectivity index (χ0v) is 9.19. The summed E-state index contributed by atoms with van der Waals surface area (Å²) in [7, 11) is 1.64. The Morgan fingerprint density at radius 1 is 1.47 bits per heavy atom. The minimum atomic E-state index is -0.704. The number of alkyl halides is 1. The maximum atomic E-state index is 13.7. The minimum Gasteiger partial charge on any atom is -0.392 e. The standard InChI is InChI=1S/C11H11F2N3O/c1-16-5-8(3-12)15-11(16)10-9(13)2-7(6-17)4-14-10/h2,4-5,17H,3,6H2,1H3. The molecule has 2 rings (SSSR count). The van der Waals surface area contributed by atoms with Gasteiger partial charge in [-0.05, 0) is 11.6 Å². The van der Waals surface area contributed by atoms with E-state index in [-0.39, 0.29) is 23.8 Å². The molecular weight excluding hydrogens is 228 g/mol. The van der Waals surface area contributed by atoms with Gasteiger partial charge >= 0.3 is 0 Å². The molecule has 0 fully saturated rings. The Balaban J connectivity index is 2.48. The zero-order chi connectivity index (χ0) is 12.4. The van der Waals surface area contributed by atoms with Crippen LogP contribution in [0.5, 0.6) is 0 Å². The summed E-state index contributed by atoms with van der Waals surface area (Å²) in [5.74, 6) is -0.324. The SMILES string of the molecule is Cn1cc(CF)nc1-c1ncc(CO)cc1F. The van der Waals surface area contributed by atoms with Crippen LogP contribution >= 0.6 is 0 Å². The molecule has 0 aliphatic heterocycles. The van der Waals surface area contributed by atoms with E-state index in [0.29, 0.717) is 5.56 Å². The molecule has 4 nitrogen and oxygen atoms in total. The van der Waals surface area contributed by atoms with Crippen LogP contribution in [0.3, 0.4) is 0 Å². The van der Waals surface area contributed by atoms with Crippen LogP contribution < -0.4 is 0 Å². The van der Waals surface area contributed by atoms with E-state index in [0.717, 1.165) is 0 Å². The highest BCUT2D eigenvalue weighted by molar-refractivity contribution is 5.51. The quantitative estimate of drug-likeness (QED) is 0.884. The number of pyridine rings is 1. The van der Waals surface area contributed by atoms with Gasteiger partial charge in [0.05, 0.1) is 12.3 Å². The summed E-state index contributed by atoms with van der Waals surface area (Å²) in [4.78, 5) is 7.82. The van der Waals surface area contributed by atoms with Crippen molar-refractivity contribution in [3.8, 4) is 11.5 Å². The molecule has 0 unspecified atom stereocenters. The molecule has 90 valence electrons. The molecule has 0 bridgehead atoms. The number of rotatable bonds is 3. The molecule has 0 amide bonds. The Hall–Kier alpha value is -1.82. The highest BCUT2D eigenvalue weighted by Gasteiger charge is 2.14. The van der Waals surface area contributed by atoms with E-state index in [1.54, 1.807) is 7.05 Å². The molecule has 0 spiro atoms. The molecule has 0 saturated heterocycles. The fourth-order valence-corrected chi connectivity index (χ4v) is 1.54. The number of nitrogens with zero attached hydrogens (tertiary/aromatic N) is 3. The van der Waals surface area contributed by atoms with Crippen LogP contribution in [-0.4, -0.2) is 19.6 Å². The molecular formula is C11H11F2N3O. The van der Waals surface area contributed by atoms with E-state index >= 15 is 0 Å². The second kappa shape index (κ2) is 4.58. The largest absolute Gasteiger partial charge is 0.392 e. The highest BCUT2D eigenvalue weighted by Crippen LogP contribution is 2.20. The number of aliphatic hydroxyl groups excluding tert-OH is 1. The summed E-state index contributed by atoms with van der Waals surface area (Å²) in [6.07, 6.45) is 2.85. The van der Waals surface area contributed by atoms with E-state index in [4.69, 9.17) is 5.11 Å². The molecule has 0 atom stereocenters. The third-order valence-corrected chi connectivity index (χ3v) is 2.36. The molecule has 2 aromatic rings. The lowest BCUT2D eigenvalue weighted by Gasteiger charge is -2.03. The average molecular weight is 239 g/mol. The van der Waals surface area contributed by atoms with Crippen molar-refractivity contribution in [2.45, 2.75) is 13.3 Å². The molecule has 0 aliphatic carbocycles. The van der Waals surface area contributed by atoms with E-state index < -0.39 is 12.5 Å². The van der Waals surface area contributed by atoms with Gasteiger partial charge in [-0.1, -0.05) is 0 Å². The van der Waals surface area contributed by atoms with Crippen LogP contribution in [0.4, 0.5) is 8.78 Å². The van der Waals surface area contributed by atoms with Gasteiger partial charge in [0.1, 0.15) is 12.4 Å². The Morgan fingerprint density at radius 3 is 2.76 bits per heavy atom. The van der Waals surface area contributed by atoms with Crippen molar-refractivity contribution in [2.24, 2.45) is 7.05 Å². The number of hydrogen-bond acceptors (Lipinski definition) is 3. The lowest BCUT2D eigenvalue weighted by atomic mass is 10.2. The number of hydrogen-bond donors (Lipinski definition) is 1. The highest BCUT2D eigenvalue weighted by atomic mass is 19.1. The summed E-state index contributed by atoms with van der Waals surface area (Å²) in [6.45, 7) is -0.981. The Kier molecular flexibility index (Phi) is 3.14. The van der Waals surface area contributed by atoms with Gasteiger partial charge in [-0.15, -0.1) is 0 Å². The molecule has 0 saturated carbocycles. The minimum absolute atomic E-state index is 0.0457. The van der Waals surface area contributed by atoms with E-state index in [1.165, 1.54) is 23.0 Å². The smallest absolute Gasteiger partial charge is 0.161 e. The predicted molar refractivity (Wildman–Crippen MR) is 57.1 cm³/mol. The summed E-state index contributed by atoms with van der Waals surface area (Å²) in [5, 5.41) is 8.84. The van der Waals surface area contributed by atoms with Crippen LogP contribution in [0.15, 0.2) is 18.5 Å². The first-order valence-corrected chi connectivity index (χ1v) is 4.99. The van der Waals surface area contributed by atoms with Crippen LogP contribution in [0.2, 0.25) is 0 Å². The second-order valence-electron chi connectivity index (χ2n) is 3.63. The maximum absolute atomic E-state index is 13.7. The monoisotopic (exact) mass is 239 g/mol. The van der Waals surface area contributed by atoms with Crippen molar-refractivity contribution in [3.63, 3.8) is 0 Å². The molecule has 6 heteroatoms. The molecule has 0 aliphatic rings. The lowest BCUT2D eigenvalue weighted by molar-refractivity contribution is 0.280. The van der Waals surface area contributed by atoms with Crippen LogP contribution in [0.1, 0.15) is 11.3 Å². The van der Waals surface area contributed by atoms with Crippen molar-refractivity contribution in [3.05, 3.63) is 35.5 Å². The third kappa shape index (κ3) is 2.16. The van der Waals surface area contributed by atoms with Gasteiger partial charge < -0.3 is 9.67 Å². The van der Waals surface area contributed by atoms with Crippen molar-refractivity contribution in [2.75, 3.05) is 0 Å². The number of halogens is 2. The van der Waals surface area contributed by atoms with Crippen LogP contribution in [0.25, 0.3) is 11.5 Å². The normalized spacial score (nSPS) is 10.8. The molecule has 2 heterocycles. The summed E-state index contributed by atoms with van der Waals surface area (Å²) < 4.78 is 27.6. The van der Waals surface area contributed by atoms with Crippen LogP contribution in [0, 0.1) is 5.82 Å². The predicted octanol–water partition coefficient (Wildman–Crippen LogP) is 1.58. The number of aryl methyl sites for hydroxylation is 1. The van der Waals surface area contributed by atoms with E-state index in [1.807, 2.05) is 0 Å². The molecule has 0 radical (unpaired) electrons. The van der Waals surface area contributed by atoms with Gasteiger partial charge in [-0.25, -0.2) is 18.7 Å². The Labute approximate surface area is 96.6 Å². The number of aromatic nitrogens is 3. The average Bonchev–Trinajstić information content (AvgIpc) is 2.70. The molecule has 1 N–H and O–H groups in total. The van der Waals surface area contributed by atoms with Crippen LogP contribution in [-0.2, 0) is 20.3 Å². The molecule has 17 heavy (non-hydrogen) atoms.